The molecule has 14 heavy (non-hydrogen) atoms. The van der Waals surface area contributed by atoms with Crippen molar-refractivity contribution < 1.29 is 19.1 Å². The van der Waals surface area contributed by atoms with Crippen LogP contribution in [0.5, 0.6) is 0 Å². The van der Waals surface area contributed by atoms with Crippen LogP contribution in [0.1, 0.15) is 10.5 Å². The molecule has 1 aromatic heterocycles. The van der Waals surface area contributed by atoms with E-state index in [1.807, 2.05) is 5.32 Å². The van der Waals surface area contributed by atoms with E-state index in [0.717, 1.165) is 6.07 Å². The molecule has 0 saturated heterocycles. The number of aliphatic carboxylic acids is 1. The molecule has 0 atom stereocenters. The van der Waals surface area contributed by atoms with E-state index in [2.05, 4.69) is 4.98 Å². The highest BCUT2D eigenvalue weighted by atomic mass is 19.1. The molecule has 1 amide bonds. The fourth-order valence-corrected chi connectivity index (χ4v) is 0.792. The van der Waals surface area contributed by atoms with Crippen molar-refractivity contribution in [1.82, 2.24) is 10.3 Å². The van der Waals surface area contributed by atoms with Gasteiger partial charge in [-0.15, -0.1) is 0 Å². The van der Waals surface area contributed by atoms with Gasteiger partial charge in [0.05, 0.1) is 0 Å². The molecule has 1 heterocycles. The fraction of sp³-hybridized carbons (Fsp3) is 0.125. The van der Waals surface area contributed by atoms with Crippen LogP contribution >= 0.6 is 0 Å². The number of hydrogen-bond donors (Lipinski definition) is 2. The van der Waals surface area contributed by atoms with Crippen molar-refractivity contribution in [2.24, 2.45) is 0 Å². The first-order valence-corrected chi connectivity index (χ1v) is 3.72. The second kappa shape index (κ2) is 4.31. The number of aromatic nitrogens is 1. The van der Waals surface area contributed by atoms with Gasteiger partial charge in [-0.3, -0.25) is 9.59 Å². The monoisotopic (exact) mass is 198 g/mol. The van der Waals surface area contributed by atoms with Gasteiger partial charge in [-0.05, 0) is 12.1 Å². The molecular formula is C8H7FN2O3. The third kappa shape index (κ3) is 2.51. The third-order valence-corrected chi connectivity index (χ3v) is 1.37. The molecule has 1 rings (SSSR count). The van der Waals surface area contributed by atoms with Crippen LogP contribution in [-0.2, 0) is 4.79 Å². The quantitative estimate of drug-likeness (QED) is 0.718. The number of pyridine rings is 1. The van der Waals surface area contributed by atoms with Crippen LogP contribution in [-0.4, -0.2) is 28.5 Å². The van der Waals surface area contributed by atoms with Crippen LogP contribution in [0.15, 0.2) is 18.3 Å². The molecule has 1 aromatic rings. The molecule has 0 radical (unpaired) electrons. The molecule has 2 N–H and O–H groups in total. The Balaban J connectivity index is 2.70. The number of carboxylic acid groups (broad SMARTS) is 1. The first-order chi connectivity index (χ1) is 6.61. The van der Waals surface area contributed by atoms with E-state index in [0.29, 0.717) is 0 Å². The number of amides is 1. The average molecular weight is 198 g/mol. The summed E-state index contributed by atoms with van der Waals surface area (Å²) in [6.45, 7) is -0.561. The second-order valence-electron chi connectivity index (χ2n) is 2.41. The number of nitrogens with one attached hydrogen (secondary N) is 1. The van der Waals surface area contributed by atoms with Gasteiger partial charge in [0.15, 0.2) is 11.5 Å². The SMILES string of the molecule is O=C(O)CNC(=O)c1ncccc1F. The molecule has 6 heteroatoms. The van der Waals surface area contributed by atoms with Crippen molar-refractivity contribution in [2.75, 3.05) is 6.54 Å². The number of hydrogen-bond acceptors (Lipinski definition) is 3. The first-order valence-electron chi connectivity index (χ1n) is 3.72. The lowest BCUT2D eigenvalue weighted by Gasteiger charge is -2.01. The molecule has 0 unspecified atom stereocenters. The van der Waals surface area contributed by atoms with Gasteiger partial charge < -0.3 is 10.4 Å². The summed E-state index contributed by atoms with van der Waals surface area (Å²) in [4.78, 5) is 24.7. The van der Waals surface area contributed by atoms with Gasteiger partial charge in [-0.25, -0.2) is 9.37 Å². The predicted octanol–water partition coefficient (Wildman–Crippen LogP) is 0.0351. The van der Waals surface area contributed by atoms with E-state index in [4.69, 9.17) is 5.11 Å². The molecule has 0 aliphatic rings. The van der Waals surface area contributed by atoms with Crippen molar-refractivity contribution in [3.05, 3.63) is 29.8 Å². The van der Waals surface area contributed by atoms with Crippen molar-refractivity contribution in [2.45, 2.75) is 0 Å². The van der Waals surface area contributed by atoms with Crippen molar-refractivity contribution in [3.8, 4) is 0 Å². The van der Waals surface area contributed by atoms with Gasteiger partial charge in [-0.2, -0.15) is 0 Å². The maximum Gasteiger partial charge on any atom is 0.322 e. The van der Waals surface area contributed by atoms with E-state index < -0.39 is 29.9 Å². The highest BCUT2D eigenvalue weighted by Gasteiger charge is 2.12. The molecule has 0 fully saturated rings. The van der Waals surface area contributed by atoms with Crippen molar-refractivity contribution in [1.29, 1.82) is 0 Å². The molecule has 0 spiro atoms. The summed E-state index contributed by atoms with van der Waals surface area (Å²) >= 11 is 0. The molecular weight excluding hydrogens is 191 g/mol. The second-order valence-corrected chi connectivity index (χ2v) is 2.41. The summed E-state index contributed by atoms with van der Waals surface area (Å²) in [5.41, 5.74) is -0.409. The summed E-state index contributed by atoms with van der Waals surface area (Å²) in [6, 6.07) is 2.41. The Morgan fingerprint density at radius 3 is 2.86 bits per heavy atom. The molecule has 0 aliphatic heterocycles. The first kappa shape index (κ1) is 10.1. The summed E-state index contributed by atoms with van der Waals surface area (Å²) in [7, 11) is 0. The number of carbonyl (C=O) groups is 2. The molecule has 0 aliphatic carbocycles. The molecule has 0 bridgehead atoms. The van der Waals surface area contributed by atoms with Gasteiger partial charge in [0.1, 0.15) is 6.54 Å². The molecule has 0 aromatic carbocycles. The van der Waals surface area contributed by atoms with Crippen LogP contribution in [0, 0.1) is 5.82 Å². The largest absolute Gasteiger partial charge is 0.480 e. The zero-order chi connectivity index (χ0) is 10.6. The Labute approximate surface area is 78.6 Å². The summed E-state index contributed by atoms with van der Waals surface area (Å²) in [6.07, 6.45) is 1.25. The van der Waals surface area contributed by atoms with E-state index in [1.54, 1.807) is 0 Å². The maximum atomic E-state index is 12.9. The van der Waals surface area contributed by atoms with Gasteiger partial charge in [0.25, 0.3) is 5.91 Å². The van der Waals surface area contributed by atoms with E-state index in [1.165, 1.54) is 12.3 Å². The zero-order valence-corrected chi connectivity index (χ0v) is 7.03. The highest BCUT2D eigenvalue weighted by molar-refractivity contribution is 5.94. The van der Waals surface area contributed by atoms with Crippen molar-refractivity contribution in [3.63, 3.8) is 0 Å². The smallest absolute Gasteiger partial charge is 0.322 e. The van der Waals surface area contributed by atoms with E-state index >= 15 is 0 Å². The van der Waals surface area contributed by atoms with Crippen molar-refractivity contribution >= 4 is 11.9 Å². The Bertz CT molecular complexity index is 367. The Hall–Kier alpha value is -1.98. The minimum atomic E-state index is -1.20. The zero-order valence-electron chi connectivity index (χ0n) is 7.03. The minimum Gasteiger partial charge on any atom is -0.480 e. The molecule has 0 saturated carbocycles. The summed E-state index contributed by atoms with van der Waals surface area (Å²) in [5, 5.41) is 10.2. The Morgan fingerprint density at radius 2 is 2.29 bits per heavy atom. The number of carbonyl (C=O) groups excluding carboxylic acids is 1. The van der Waals surface area contributed by atoms with Gasteiger partial charge in [0.2, 0.25) is 0 Å². The number of rotatable bonds is 3. The third-order valence-electron chi connectivity index (χ3n) is 1.37. The van der Waals surface area contributed by atoms with E-state index in [-0.39, 0.29) is 0 Å². The van der Waals surface area contributed by atoms with Crippen LogP contribution in [0.4, 0.5) is 4.39 Å². The van der Waals surface area contributed by atoms with Gasteiger partial charge in [0, 0.05) is 6.20 Å². The number of nitrogens with zero attached hydrogens (tertiary/aromatic N) is 1. The highest BCUT2D eigenvalue weighted by Crippen LogP contribution is 2.01. The summed E-state index contributed by atoms with van der Waals surface area (Å²) in [5.74, 6) is -2.82. The fourth-order valence-electron chi connectivity index (χ4n) is 0.792. The number of halogens is 1. The standard InChI is InChI=1S/C8H7FN2O3/c9-5-2-1-3-10-7(5)8(14)11-4-6(12)13/h1-3H,4H2,(H,11,14)(H,12,13). The van der Waals surface area contributed by atoms with Gasteiger partial charge in [-0.1, -0.05) is 0 Å². The Kier molecular flexibility index (Phi) is 3.11. The van der Waals surface area contributed by atoms with E-state index in [9.17, 15) is 14.0 Å². The molecule has 74 valence electrons. The van der Waals surface area contributed by atoms with Crippen LogP contribution in [0.3, 0.4) is 0 Å². The number of carboxylic acids is 1. The minimum absolute atomic E-state index is 0.409. The predicted molar refractivity (Wildman–Crippen MR) is 44.2 cm³/mol. The average Bonchev–Trinajstić information content (AvgIpc) is 2.15. The maximum absolute atomic E-state index is 12.9. The normalized spacial score (nSPS) is 9.50. The topological polar surface area (TPSA) is 79.3 Å². The lowest BCUT2D eigenvalue weighted by molar-refractivity contribution is -0.135. The van der Waals surface area contributed by atoms with Crippen LogP contribution in [0.25, 0.3) is 0 Å². The molecule has 5 nitrogen and oxygen atoms in total. The lowest BCUT2D eigenvalue weighted by Crippen LogP contribution is -2.30. The van der Waals surface area contributed by atoms with Crippen LogP contribution < -0.4 is 5.32 Å². The van der Waals surface area contributed by atoms with Gasteiger partial charge >= 0.3 is 5.97 Å². The lowest BCUT2D eigenvalue weighted by atomic mass is 10.3. The summed E-state index contributed by atoms with van der Waals surface area (Å²) < 4.78 is 12.9. The van der Waals surface area contributed by atoms with Crippen LogP contribution in [0.2, 0.25) is 0 Å². The Morgan fingerprint density at radius 1 is 1.57 bits per heavy atom.